The maximum absolute atomic E-state index is 13.0. The van der Waals surface area contributed by atoms with Gasteiger partial charge in [0.05, 0.1) is 18.0 Å². The van der Waals surface area contributed by atoms with Crippen LogP contribution in [0, 0.1) is 12.8 Å². The van der Waals surface area contributed by atoms with Crippen LogP contribution in [0.25, 0.3) is 21.3 Å². The Labute approximate surface area is 198 Å². The smallest absolute Gasteiger partial charge is 0.260 e. The molecule has 1 unspecified atom stereocenters. The third kappa shape index (κ3) is 5.96. The highest BCUT2D eigenvalue weighted by Gasteiger charge is 2.18. The number of rotatable bonds is 9. The van der Waals surface area contributed by atoms with E-state index < -0.39 is 6.10 Å². The van der Waals surface area contributed by atoms with E-state index in [0.29, 0.717) is 36.6 Å². The van der Waals surface area contributed by atoms with Crippen molar-refractivity contribution in [1.29, 1.82) is 0 Å². The van der Waals surface area contributed by atoms with Gasteiger partial charge in [-0.2, -0.15) is 0 Å². The Morgan fingerprint density at radius 3 is 2.48 bits per heavy atom. The first-order valence-electron chi connectivity index (χ1n) is 11.4. The lowest BCUT2D eigenvalue weighted by Gasteiger charge is -2.26. The average molecular weight is 462 g/mol. The van der Waals surface area contributed by atoms with Gasteiger partial charge in [-0.05, 0) is 30.4 Å². The van der Waals surface area contributed by atoms with E-state index in [-0.39, 0.29) is 5.56 Å². The number of hydrogen-bond donors (Lipinski definition) is 2. The van der Waals surface area contributed by atoms with Crippen LogP contribution in [0.4, 0.5) is 0 Å². The molecule has 2 aromatic heterocycles. The second-order valence-corrected chi connectivity index (χ2v) is 10.00. The van der Waals surface area contributed by atoms with Crippen molar-refractivity contribution in [3.63, 3.8) is 0 Å². The Morgan fingerprint density at radius 2 is 1.79 bits per heavy atom. The van der Waals surface area contributed by atoms with Crippen molar-refractivity contribution in [3.05, 3.63) is 87.3 Å². The lowest BCUT2D eigenvalue weighted by atomic mass is 10.1. The van der Waals surface area contributed by atoms with Crippen LogP contribution in [0.2, 0.25) is 0 Å². The fourth-order valence-corrected chi connectivity index (χ4v) is 5.16. The van der Waals surface area contributed by atoms with Crippen LogP contribution < -0.4 is 5.56 Å². The van der Waals surface area contributed by atoms with Crippen molar-refractivity contribution in [1.82, 2.24) is 14.9 Å². The number of aromatic amines is 1. The molecule has 6 heteroatoms. The highest BCUT2D eigenvalue weighted by Crippen LogP contribution is 2.30. The zero-order valence-corrected chi connectivity index (χ0v) is 20.2. The molecule has 2 heterocycles. The second-order valence-electron chi connectivity index (χ2n) is 9.14. The Hall–Kier alpha value is -2.80. The first-order chi connectivity index (χ1) is 15.9. The third-order valence-electron chi connectivity index (χ3n) is 5.64. The average Bonchev–Trinajstić information content (AvgIpc) is 3.19. The molecular formula is C27H31N3O2S. The number of H-pyrrole nitrogens is 1. The maximum atomic E-state index is 13.0. The van der Waals surface area contributed by atoms with Gasteiger partial charge in [-0.25, -0.2) is 4.98 Å². The predicted molar refractivity (Wildman–Crippen MR) is 137 cm³/mol. The van der Waals surface area contributed by atoms with E-state index in [1.54, 1.807) is 0 Å². The monoisotopic (exact) mass is 461 g/mol. The molecule has 2 aromatic carbocycles. The SMILES string of the molecule is Cc1ccc(-c2csc3nc(CN(CC(C)C)CC(O)Cc4ccccc4)[nH]c(=O)c23)cc1. The molecule has 0 saturated carbocycles. The Morgan fingerprint density at radius 1 is 1.06 bits per heavy atom. The van der Waals surface area contributed by atoms with Crippen molar-refractivity contribution >= 4 is 21.6 Å². The number of nitrogens with zero attached hydrogens (tertiary/aromatic N) is 2. The quantitative estimate of drug-likeness (QED) is 0.367. The number of aliphatic hydroxyl groups is 1. The molecule has 0 aliphatic heterocycles. The predicted octanol–water partition coefficient (Wildman–Crippen LogP) is 5.02. The minimum absolute atomic E-state index is 0.110. The van der Waals surface area contributed by atoms with Gasteiger partial charge in [0, 0.05) is 24.0 Å². The van der Waals surface area contributed by atoms with E-state index in [2.05, 4.69) is 42.8 Å². The summed E-state index contributed by atoms with van der Waals surface area (Å²) in [5.74, 6) is 1.07. The summed E-state index contributed by atoms with van der Waals surface area (Å²) in [5.41, 5.74) is 4.14. The maximum Gasteiger partial charge on any atom is 0.260 e. The second kappa shape index (κ2) is 10.4. The number of thiophene rings is 1. The Balaban J connectivity index is 1.54. The molecule has 33 heavy (non-hydrogen) atoms. The van der Waals surface area contributed by atoms with Gasteiger partial charge in [0.25, 0.3) is 5.56 Å². The van der Waals surface area contributed by atoms with Gasteiger partial charge >= 0.3 is 0 Å². The summed E-state index contributed by atoms with van der Waals surface area (Å²) in [6.07, 6.45) is 0.111. The van der Waals surface area contributed by atoms with Crippen molar-refractivity contribution in [2.24, 2.45) is 5.92 Å². The van der Waals surface area contributed by atoms with Crippen molar-refractivity contribution in [2.45, 2.75) is 39.8 Å². The molecule has 1 atom stereocenters. The molecular weight excluding hydrogens is 430 g/mol. The van der Waals surface area contributed by atoms with E-state index in [1.165, 1.54) is 16.9 Å². The molecule has 0 radical (unpaired) electrons. The van der Waals surface area contributed by atoms with Crippen LogP contribution in [0.5, 0.6) is 0 Å². The fourth-order valence-electron chi connectivity index (χ4n) is 4.19. The molecule has 5 nitrogen and oxygen atoms in total. The van der Waals surface area contributed by atoms with E-state index in [4.69, 9.17) is 4.98 Å². The highest BCUT2D eigenvalue weighted by molar-refractivity contribution is 7.17. The largest absolute Gasteiger partial charge is 0.391 e. The fraction of sp³-hybridized carbons (Fsp3) is 0.333. The summed E-state index contributed by atoms with van der Waals surface area (Å²) in [6, 6.07) is 18.2. The van der Waals surface area contributed by atoms with E-state index in [9.17, 15) is 9.90 Å². The molecule has 172 valence electrons. The van der Waals surface area contributed by atoms with E-state index in [1.807, 2.05) is 47.8 Å². The third-order valence-corrected chi connectivity index (χ3v) is 6.51. The molecule has 0 spiro atoms. The van der Waals surface area contributed by atoms with Gasteiger partial charge in [-0.3, -0.25) is 9.69 Å². The minimum atomic E-state index is -0.489. The number of nitrogens with one attached hydrogen (secondary N) is 1. The summed E-state index contributed by atoms with van der Waals surface area (Å²) in [4.78, 5) is 23.7. The molecule has 4 rings (SSSR count). The normalized spacial score (nSPS) is 12.7. The van der Waals surface area contributed by atoms with Gasteiger partial charge in [0.2, 0.25) is 0 Å². The highest BCUT2D eigenvalue weighted by atomic mass is 32.1. The first-order valence-corrected chi connectivity index (χ1v) is 12.3. The molecule has 0 bridgehead atoms. The van der Waals surface area contributed by atoms with Gasteiger partial charge in [-0.1, -0.05) is 74.0 Å². The summed E-state index contributed by atoms with van der Waals surface area (Å²) in [6.45, 7) is 8.19. The van der Waals surface area contributed by atoms with Gasteiger partial charge in [-0.15, -0.1) is 11.3 Å². The summed E-state index contributed by atoms with van der Waals surface area (Å²) in [7, 11) is 0. The number of aromatic nitrogens is 2. The number of fused-ring (bicyclic) bond motifs is 1. The number of benzene rings is 2. The van der Waals surface area contributed by atoms with Crippen LogP contribution >= 0.6 is 11.3 Å². The van der Waals surface area contributed by atoms with Gasteiger partial charge in [0.15, 0.2) is 0 Å². The van der Waals surface area contributed by atoms with Gasteiger partial charge in [0.1, 0.15) is 10.7 Å². The zero-order valence-electron chi connectivity index (χ0n) is 19.4. The summed E-state index contributed by atoms with van der Waals surface area (Å²) >= 11 is 1.50. The molecule has 0 fully saturated rings. The van der Waals surface area contributed by atoms with Crippen molar-refractivity contribution < 1.29 is 5.11 Å². The van der Waals surface area contributed by atoms with Crippen molar-refractivity contribution in [2.75, 3.05) is 13.1 Å². The van der Waals surface area contributed by atoms with Crippen LogP contribution in [-0.4, -0.2) is 39.2 Å². The number of aryl methyl sites for hydroxylation is 1. The lowest BCUT2D eigenvalue weighted by molar-refractivity contribution is 0.100. The molecule has 0 aliphatic rings. The molecule has 0 saturated heterocycles. The first kappa shape index (κ1) is 23.4. The molecule has 2 N–H and O–H groups in total. The van der Waals surface area contributed by atoms with E-state index >= 15 is 0 Å². The number of hydrogen-bond acceptors (Lipinski definition) is 5. The molecule has 0 aliphatic carbocycles. The molecule has 0 amide bonds. The molecule has 4 aromatic rings. The summed E-state index contributed by atoms with van der Waals surface area (Å²) < 4.78 is 0. The van der Waals surface area contributed by atoms with Crippen molar-refractivity contribution in [3.8, 4) is 11.1 Å². The zero-order chi connectivity index (χ0) is 23.4. The minimum Gasteiger partial charge on any atom is -0.391 e. The van der Waals surface area contributed by atoms with Gasteiger partial charge < -0.3 is 10.1 Å². The van der Waals surface area contributed by atoms with Crippen LogP contribution in [0.3, 0.4) is 0 Å². The Kier molecular flexibility index (Phi) is 7.38. The summed E-state index contributed by atoms with van der Waals surface area (Å²) in [5, 5.41) is 13.4. The van der Waals surface area contributed by atoms with Crippen LogP contribution in [0.1, 0.15) is 30.8 Å². The topological polar surface area (TPSA) is 69.2 Å². The Bertz CT molecular complexity index is 1250. The van der Waals surface area contributed by atoms with E-state index in [0.717, 1.165) is 28.1 Å². The van der Waals surface area contributed by atoms with Crippen LogP contribution in [-0.2, 0) is 13.0 Å². The van der Waals surface area contributed by atoms with Crippen LogP contribution in [0.15, 0.2) is 64.8 Å². The standard InChI is InChI=1S/C27H31N3O2S/c1-18(2)14-30(15-22(31)13-20-7-5-4-6-8-20)16-24-28-26(32)25-23(17-33-27(25)29-24)21-11-9-19(3)10-12-21/h4-12,17-18,22,31H,13-16H2,1-3H3,(H,28,29,32). The lowest BCUT2D eigenvalue weighted by Crippen LogP contribution is -2.36. The number of aliphatic hydroxyl groups excluding tert-OH is 1.